The van der Waals surface area contributed by atoms with Crippen LogP contribution in [0.5, 0.6) is 0 Å². The second-order valence-corrected chi connectivity index (χ2v) is 5.20. The first-order chi connectivity index (χ1) is 9.24. The maximum absolute atomic E-state index is 12.4. The summed E-state index contributed by atoms with van der Waals surface area (Å²) in [6.07, 6.45) is 0. The molecule has 0 saturated heterocycles. The summed E-state index contributed by atoms with van der Waals surface area (Å²) in [5.41, 5.74) is 1.56. The van der Waals surface area contributed by atoms with E-state index in [1.165, 1.54) is 11.8 Å². The van der Waals surface area contributed by atoms with E-state index in [0.29, 0.717) is 22.4 Å². The molecule has 0 unspecified atom stereocenters. The summed E-state index contributed by atoms with van der Waals surface area (Å²) in [7, 11) is 0. The van der Waals surface area contributed by atoms with Crippen LogP contribution in [0.4, 0.5) is 0 Å². The van der Waals surface area contributed by atoms with Crippen LogP contribution in [-0.2, 0) is 0 Å². The van der Waals surface area contributed by atoms with Crippen molar-refractivity contribution >= 4 is 22.7 Å². The van der Waals surface area contributed by atoms with Gasteiger partial charge in [-0.25, -0.2) is 0 Å². The third kappa shape index (κ3) is 3.12. The van der Waals surface area contributed by atoms with Crippen LogP contribution in [0.25, 0.3) is 0 Å². The Hall–Kier alpha value is -1.87. The van der Waals surface area contributed by atoms with Crippen molar-refractivity contribution in [3.63, 3.8) is 0 Å². The number of hydrogen-bond donors (Lipinski definition) is 0. The topological polar surface area (TPSA) is 34.1 Å². The molecule has 96 valence electrons. The average Bonchev–Trinajstić information content (AvgIpc) is 2.47. The van der Waals surface area contributed by atoms with E-state index >= 15 is 0 Å². The van der Waals surface area contributed by atoms with E-state index in [-0.39, 0.29) is 10.9 Å². The summed E-state index contributed by atoms with van der Waals surface area (Å²) in [6.45, 7) is 1.92. The fraction of sp³-hybridized carbons (Fsp3) is 0.125. The Labute approximate surface area is 116 Å². The molecular formula is C16H14O2S. The highest BCUT2D eigenvalue weighted by Gasteiger charge is 2.17. The largest absolute Gasteiger partial charge is 0.289 e. The van der Waals surface area contributed by atoms with Crippen molar-refractivity contribution in [2.24, 2.45) is 0 Å². The molecule has 2 aromatic rings. The van der Waals surface area contributed by atoms with E-state index in [1.54, 1.807) is 36.4 Å². The molecule has 0 heterocycles. The van der Waals surface area contributed by atoms with Gasteiger partial charge in [-0.05, 0) is 11.8 Å². The Morgan fingerprint density at radius 1 is 0.895 bits per heavy atom. The molecule has 2 nitrogen and oxygen atoms in total. The highest BCUT2D eigenvalue weighted by atomic mass is 32.2. The number of carbonyl (C=O) groups is 2. The van der Waals surface area contributed by atoms with Gasteiger partial charge in [0, 0.05) is 16.7 Å². The Kier molecular flexibility index (Phi) is 4.53. The van der Waals surface area contributed by atoms with Gasteiger partial charge < -0.3 is 0 Å². The number of thioether (sulfide) groups is 1. The summed E-state index contributed by atoms with van der Waals surface area (Å²) in [6, 6.07) is 16.0. The normalized spacial score (nSPS) is 10.2. The minimum Gasteiger partial charge on any atom is -0.289 e. The van der Waals surface area contributed by atoms with Crippen molar-refractivity contribution in [1.82, 2.24) is 0 Å². The number of ketones is 1. The summed E-state index contributed by atoms with van der Waals surface area (Å²) < 4.78 is 0. The first-order valence-electron chi connectivity index (χ1n) is 6.10. The smallest absolute Gasteiger partial charge is 0.220 e. The molecule has 0 aliphatic heterocycles. The quantitative estimate of drug-likeness (QED) is 0.792. The number of carbonyl (C=O) groups excluding carboxylic acids is 2. The molecule has 0 N–H and O–H groups in total. The number of hydrogen-bond acceptors (Lipinski definition) is 3. The van der Waals surface area contributed by atoms with Crippen molar-refractivity contribution in [3.8, 4) is 0 Å². The molecule has 0 radical (unpaired) electrons. The lowest BCUT2D eigenvalue weighted by Gasteiger charge is -2.07. The van der Waals surface area contributed by atoms with Gasteiger partial charge in [-0.2, -0.15) is 0 Å². The standard InChI is InChI=1S/C16H14O2S/c1-2-19-16(18)14-11-7-6-10-13(14)15(17)12-8-4-3-5-9-12/h3-11H,2H2,1H3. The van der Waals surface area contributed by atoms with Gasteiger partial charge in [0.1, 0.15) is 0 Å². The fourth-order valence-corrected chi connectivity index (χ4v) is 2.41. The van der Waals surface area contributed by atoms with Gasteiger partial charge >= 0.3 is 0 Å². The zero-order chi connectivity index (χ0) is 13.7. The summed E-state index contributed by atoms with van der Waals surface area (Å²) in [5, 5.41) is -0.0534. The molecule has 2 rings (SSSR count). The van der Waals surface area contributed by atoms with Crippen molar-refractivity contribution in [3.05, 3.63) is 71.3 Å². The van der Waals surface area contributed by atoms with Crippen LogP contribution in [0.2, 0.25) is 0 Å². The van der Waals surface area contributed by atoms with E-state index in [9.17, 15) is 9.59 Å². The monoisotopic (exact) mass is 270 g/mol. The van der Waals surface area contributed by atoms with E-state index in [0.717, 1.165) is 0 Å². The van der Waals surface area contributed by atoms with Crippen LogP contribution >= 0.6 is 11.8 Å². The highest BCUT2D eigenvalue weighted by Crippen LogP contribution is 2.19. The van der Waals surface area contributed by atoms with Crippen LogP contribution in [0, 0.1) is 0 Å². The maximum atomic E-state index is 12.4. The maximum Gasteiger partial charge on any atom is 0.220 e. The third-order valence-electron chi connectivity index (χ3n) is 2.70. The lowest BCUT2D eigenvalue weighted by molar-refractivity contribution is 0.102. The van der Waals surface area contributed by atoms with Crippen LogP contribution in [-0.4, -0.2) is 16.7 Å². The van der Waals surface area contributed by atoms with E-state index < -0.39 is 0 Å². The van der Waals surface area contributed by atoms with Gasteiger partial charge in [0.25, 0.3) is 0 Å². The van der Waals surface area contributed by atoms with Gasteiger partial charge in [0.2, 0.25) is 5.12 Å². The zero-order valence-corrected chi connectivity index (χ0v) is 11.4. The predicted molar refractivity (Wildman–Crippen MR) is 78.8 cm³/mol. The predicted octanol–water partition coefficient (Wildman–Crippen LogP) is 3.81. The summed E-state index contributed by atoms with van der Waals surface area (Å²) in [4.78, 5) is 24.4. The van der Waals surface area contributed by atoms with Crippen LogP contribution in [0.3, 0.4) is 0 Å². The van der Waals surface area contributed by atoms with Gasteiger partial charge in [-0.15, -0.1) is 0 Å². The zero-order valence-electron chi connectivity index (χ0n) is 10.6. The lowest BCUT2D eigenvalue weighted by atomic mass is 9.99. The molecule has 3 heteroatoms. The van der Waals surface area contributed by atoms with Gasteiger partial charge in [0.05, 0.1) is 0 Å². The lowest BCUT2D eigenvalue weighted by Crippen LogP contribution is -2.08. The minimum absolute atomic E-state index is 0.0534. The van der Waals surface area contributed by atoms with Gasteiger partial charge in [-0.3, -0.25) is 9.59 Å². The number of benzene rings is 2. The second-order valence-electron chi connectivity index (χ2n) is 3.96. The van der Waals surface area contributed by atoms with Crippen LogP contribution in [0.15, 0.2) is 54.6 Å². The highest BCUT2D eigenvalue weighted by molar-refractivity contribution is 8.14. The fourth-order valence-electron chi connectivity index (χ4n) is 1.81. The Bertz CT molecular complexity index is 591. The molecule has 0 bridgehead atoms. The molecule has 2 aromatic carbocycles. The summed E-state index contributed by atoms with van der Waals surface area (Å²) >= 11 is 1.22. The molecule has 0 atom stereocenters. The summed E-state index contributed by atoms with van der Waals surface area (Å²) in [5.74, 6) is 0.591. The minimum atomic E-state index is -0.110. The van der Waals surface area contributed by atoms with Crippen molar-refractivity contribution < 1.29 is 9.59 Å². The van der Waals surface area contributed by atoms with Crippen molar-refractivity contribution in [1.29, 1.82) is 0 Å². The molecule has 0 fully saturated rings. The van der Waals surface area contributed by atoms with E-state index in [1.807, 2.05) is 25.1 Å². The Morgan fingerprint density at radius 2 is 1.47 bits per heavy atom. The van der Waals surface area contributed by atoms with E-state index in [2.05, 4.69) is 0 Å². The molecule has 19 heavy (non-hydrogen) atoms. The molecule has 0 aromatic heterocycles. The SMILES string of the molecule is CCSC(=O)c1ccccc1C(=O)c1ccccc1. The van der Waals surface area contributed by atoms with Crippen LogP contribution in [0.1, 0.15) is 33.2 Å². The first-order valence-corrected chi connectivity index (χ1v) is 7.08. The molecule has 0 spiro atoms. The Morgan fingerprint density at radius 3 is 2.11 bits per heavy atom. The molecular weight excluding hydrogens is 256 g/mol. The molecule has 0 amide bonds. The number of rotatable bonds is 4. The Balaban J connectivity index is 2.40. The third-order valence-corrected chi connectivity index (χ3v) is 3.47. The molecule has 0 aliphatic carbocycles. The molecule has 0 aliphatic rings. The van der Waals surface area contributed by atoms with E-state index in [4.69, 9.17) is 0 Å². The average molecular weight is 270 g/mol. The van der Waals surface area contributed by atoms with Crippen LogP contribution < -0.4 is 0 Å². The van der Waals surface area contributed by atoms with Gasteiger partial charge in [0.15, 0.2) is 5.78 Å². The van der Waals surface area contributed by atoms with Crippen molar-refractivity contribution in [2.45, 2.75) is 6.92 Å². The first kappa shape index (κ1) is 13.6. The second kappa shape index (κ2) is 6.34. The van der Waals surface area contributed by atoms with Gasteiger partial charge in [-0.1, -0.05) is 67.2 Å². The molecule has 0 saturated carbocycles. The van der Waals surface area contributed by atoms with Crippen molar-refractivity contribution in [2.75, 3.05) is 5.75 Å².